The molecule has 0 fully saturated rings. The summed E-state index contributed by atoms with van der Waals surface area (Å²) in [5.74, 6) is 0. The van der Waals surface area contributed by atoms with Gasteiger partial charge in [0.05, 0.1) is 5.69 Å². The van der Waals surface area contributed by atoms with Gasteiger partial charge in [-0.2, -0.15) is 0 Å². The largest absolute Gasteiger partial charge is 0.382 e. The van der Waals surface area contributed by atoms with Crippen molar-refractivity contribution < 1.29 is 0 Å². The summed E-state index contributed by atoms with van der Waals surface area (Å²) in [6, 6.07) is 1.98. The molecule has 90 valence electrons. The zero-order valence-corrected chi connectivity index (χ0v) is 11.0. The molecule has 0 aromatic carbocycles. The maximum absolute atomic E-state index is 6.02. The van der Waals surface area contributed by atoms with Gasteiger partial charge in [-0.15, -0.1) is 0 Å². The molecular weight excluding hydrogens is 220 g/mol. The molecule has 2 nitrogen and oxygen atoms in total. The topological polar surface area (TPSA) is 24.9 Å². The Morgan fingerprint density at radius 2 is 2.00 bits per heavy atom. The molecule has 0 aliphatic carbocycles. The van der Waals surface area contributed by atoms with Gasteiger partial charge in [0.25, 0.3) is 0 Å². The molecule has 0 aliphatic heterocycles. The lowest BCUT2D eigenvalue weighted by atomic mass is 10.1. The molecule has 16 heavy (non-hydrogen) atoms. The average Bonchev–Trinajstić information content (AvgIpc) is 2.26. The van der Waals surface area contributed by atoms with Gasteiger partial charge in [-0.25, -0.2) is 4.98 Å². The lowest BCUT2D eigenvalue weighted by Gasteiger charge is -2.10. The number of pyridine rings is 1. The van der Waals surface area contributed by atoms with Crippen LogP contribution in [0.15, 0.2) is 12.3 Å². The molecule has 0 atom stereocenters. The van der Waals surface area contributed by atoms with Crippen LogP contribution >= 0.6 is 11.6 Å². The molecular formula is C13H21ClN2. The number of halogens is 1. The number of hydrogen-bond donors (Lipinski definition) is 1. The lowest BCUT2D eigenvalue weighted by molar-refractivity contribution is 0.645. The first kappa shape index (κ1) is 13.3. The Balaban J connectivity index is 2.26. The molecule has 0 saturated heterocycles. The van der Waals surface area contributed by atoms with Crippen LogP contribution < -0.4 is 5.32 Å². The molecule has 1 aromatic rings. The fourth-order valence-electron chi connectivity index (χ4n) is 1.68. The van der Waals surface area contributed by atoms with Gasteiger partial charge < -0.3 is 5.32 Å². The molecule has 0 bridgehead atoms. The molecule has 3 heteroatoms. The highest BCUT2D eigenvalue weighted by Crippen LogP contribution is 2.22. The Morgan fingerprint density at radius 3 is 2.69 bits per heavy atom. The van der Waals surface area contributed by atoms with Gasteiger partial charge in [-0.1, -0.05) is 44.2 Å². The van der Waals surface area contributed by atoms with E-state index in [2.05, 4.69) is 17.2 Å². The van der Waals surface area contributed by atoms with Gasteiger partial charge in [-0.3, -0.25) is 0 Å². The summed E-state index contributed by atoms with van der Waals surface area (Å²) in [4.78, 5) is 4.07. The normalized spacial score (nSPS) is 10.4. The number of anilines is 1. The maximum atomic E-state index is 6.02. The molecule has 1 rings (SSSR count). The molecule has 0 saturated carbocycles. The molecule has 1 heterocycles. The highest BCUT2D eigenvalue weighted by molar-refractivity contribution is 6.32. The van der Waals surface area contributed by atoms with E-state index in [4.69, 9.17) is 11.6 Å². The fourth-order valence-corrected chi connectivity index (χ4v) is 1.95. The van der Waals surface area contributed by atoms with E-state index in [1.165, 1.54) is 32.1 Å². The van der Waals surface area contributed by atoms with Crippen molar-refractivity contribution in [3.05, 3.63) is 23.0 Å². The Labute approximate surface area is 103 Å². The highest BCUT2D eigenvalue weighted by atomic mass is 35.5. The van der Waals surface area contributed by atoms with Crippen LogP contribution in [0.4, 0.5) is 5.69 Å². The lowest BCUT2D eigenvalue weighted by Crippen LogP contribution is -2.04. The summed E-state index contributed by atoms with van der Waals surface area (Å²) in [6.07, 6.45) is 8.19. The van der Waals surface area contributed by atoms with Crippen LogP contribution in [0.25, 0.3) is 0 Å². The zero-order valence-electron chi connectivity index (χ0n) is 10.2. The molecule has 1 N–H and O–H groups in total. The molecule has 0 spiro atoms. The predicted molar refractivity (Wildman–Crippen MR) is 71.2 cm³/mol. The molecule has 0 radical (unpaired) electrons. The minimum Gasteiger partial charge on any atom is -0.382 e. The van der Waals surface area contributed by atoms with Crippen molar-refractivity contribution in [2.75, 3.05) is 11.9 Å². The summed E-state index contributed by atoms with van der Waals surface area (Å²) in [5.41, 5.74) is 2.15. The van der Waals surface area contributed by atoms with Crippen molar-refractivity contribution in [2.24, 2.45) is 0 Å². The van der Waals surface area contributed by atoms with Crippen molar-refractivity contribution in [2.45, 2.75) is 46.0 Å². The second-order valence-electron chi connectivity index (χ2n) is 4.13. The molecule has 1 aromatic heterocycles. The van der Waals surface area contributed by atoms with Crippen LogP contribution in [-0.4, -0.2) is 11.5 Å². The Morgan fingerprint density at radius 1 is 1.25 bits per heavy atom. The Kier molecular flexibility index (Phi) is 6.24. The number of hydrogen-bond acceptors (Lipinski definition) is 2. The van der Waals surface area contributed by atoms with E-state index in [0.29, 0.717) is 5.15 Å². The van der Waals surface area contributed by atoms with Crippen molar-refractivity contribution >= 4 is 17.3 Å². The monoisotopic (exact) mass is 240 g/mol. The molecule has 0 unspecified atom stereocenters. The predicted octanol–water partition coefficient (Wildman–Crippen LogP) is 4.43. The van der Waals surface area contributed by atoms with E-state index >= 15 is 0 Å². The van der Waals surface area contributed by atoms with Gasteiger partial charge in [0.1, 0.15) is 0 Å². The van der Waals surface area contributed by atoms with Crippen LogP contribution in [0.3, 0.4) is 0 Å². The van der Waals surface area contributed by atoms with Gasteiger partial charge in [0, 0.05) is 12.7 Å². The van der Waals surface area contributed by atoms with Gasteiger partial charge in [-0.05, 0) is 25.0 Å². The number of aryl methyl sites for hydroxylation is 1. The third kappa shape index (κ3) is 4.40. The first-order valence-electron chi connectivity index (χ1n) is 6.10. The van der Waals surface area contributed by atoms with E-state index in [9.17, 15) is 0 Å². The van der Waals surface area contributed by atoms with E-state index in [1.807, 2.05) is 13.0 Å². The minimum absolute atomic E-state index is 0.577. The molecule has 0 amide bonds. The zero-order chi connectivity index (χ0) is 11.8. The summed E-state index contributed by atoms with van der Waals surface area (Å²) in [6.45, 7) is 5.26. The number of nitrogens with one attached hydrogen (secondary N) is 1. The van der Waals surface area contributed by atoms with Crippen molar-refractivity contribution in [3.8, 4) is 0 Å². The standard InChI is InChI=1S/C13H21ClN2/c1-3-4-5-6-7-9-15-12-11(2)8-10-16-13(12)14/h8,10,15H,3-7,9H2,1-2H3. The van der Waals surface area contributed by atoms with Crippen LogP contribution in [0, 0.1) is 6.92 Å². The highest BCUT2D eigenvalue weighted by Gasteiger charge is 2.03. The van der Waals surface area contributed by atoms with E-state index < -0.39 is 0 Å². The van der Waals surface area contributed by atoms with Gasteiger partial charge >= 0.3 is 0 Å². The minimum atomic E-state index is 0.577. The summed E-state index contributed by atoms with van der Waals surface area (Å²) < 4.78 is 0. The number of unbranched alkanes of at least 4 members (excludes halogenated alkanes) is 4. The quantitative estimate of drug-likeness (QED) is 0.564. The average molecular weight is 241 g/mol. The van der Waals surface area contributed by atoms with E-state index in [0.717, 1.165) is 17.8 Å². The maximum Gasteiger partial charge on any atom is 0.152 e. The van der Waals surface area contributed by atoms with Crippen LogP contribution in [0.2, 0.25) is 5.15 Å². The van der Waals surface area contributed by atoms with Crippen LogP contribution in [0.1, 0.15) is 44.6 Å². The smallest absolute Gasteiger partial charge is 0.152 e. The van der Waals surface area contributed by atoms with Gasteiger partial charge in [0.2, 0.25) is 0 Å². The van der Waals surface area contributed by atoms with Crippen molar-refractivity contribution in [1.82, 2.24) is 4.98 Å². The first-order chi connectivity index (χ1) is 7.75. The van der Waals surface area contributed by atoms with Crippen molar-refractivity contribution in [1.29, 1.82) is 0 Å². The third-order valence-electron chi connectivity index (χ3n) is 2.70. The first-order valence-corrected chi connectivity index (χ1v) is 6.48. The Hall–Kier alpha value is -0.760. The summed E-state index contributed by atoms with van der Waals surface area (Å²) in [5, 5.41) is 3.94. The van der Waals surface area contributed by atoms with Crippen molar-refractivity contribution in [3.63, 3.8) is 0 Å². The second kappa shape index (κ2) is 7.50. The fraction of sp³-hybridized carbons (Fsp3) is 0.615. The summed E-state index contributed by atoms with van der Waals surface area (Å²) >= 11 is 6.02. The SMILES string of the molecule is CCCCCCCNc1c(C)ccnc1Cl. The van der Waals surface area contributed by atoms with Gasteiger partial charge in [0.15, 0.2) is 5.15 Å². The van der Waals surface area contributed by atoms with Crippen LogP contribution in [-0.2, 0) is 0 Å². The van der Waals surface area contributed by atoms with E-state index in [1.54, 1.807) is 6.20 Å². The number of aromatic nitrogens is 1. The Bertz CT molecular complexity index is 293. The molecule has 0 aliphatic rings. The summed E-state index contributed by atoms with van der Waals surface area (Å²) in [7, 11) is 0. The third-order valence-corrected chi connectivity index (χ3v) is 2.98. The van der Waals surface area contributed by atoms with Crippen LogP contribution in [0.5, 0.6) is 0 Å². The number of rotatable bonds is 7. The van der Waals surface area contributed by atoms with E-state index in [-0.39, 0.29) is 0 Å². The number of nitrogens with zero attached hydrogens (tertiary/aromatic N) is 1. The second-order valence-corrected chi connectivity index (χ2v) is 4.49.